The summed E-state index contributed by atoms with van der Waals surface area (Å²) in [5.41, 5.74) is 1.44. The van der Waals surface area contributed by atoms with E-state index in [-0.39, 0.29) is 10.9 Å². The molecule has 1 atom stereocenters. The largest absolute Gasteiger partial charge is 0.416 e. The second kappa shape index (κ2) is 7.50. The topological polar surface area (TPSA) is 73.9 Å². The van der Waals surface area contributed by atoms with Crippen molar-refractivity contribution in [3.8, 4) is 11.6 Å². The van der Waals surface area contributed by atoms with Gasteiger partial charge in [0.2, 0.25) is 5.89 Å². The Morgan fingerprint density at radius 2 is 1.67 bits per heavy atom. The van der Waals surface area contributed by atoms with Crippen LogP contribution in [0, 0.1) is 0 Å². The Hall–Kier alpha value is -2.09. The number of hydrogen-bond acceptors (Lipinski definition) is 6. The van der Waals surface area contributed by atoms with Gasteiger partial charge < -0.3 is 8.84 Å². The highest BCUT2D eigenvalue weighted by Gasteiger charge is 2.41. The highest BCUT2D eigenvalue weighted by atomic mass is 35.5. The van der Waals surface area contributed by atoms with Gasteiger partial charge in [0.15, 0.2) is 13.5 Å². The zero-order valence-electron chi connectivity index (χ0n) is 16.1. The molecule has 0 aliphatic carbocycles. The molecule has 2 aromatic heterocycles. The lowest BCUT2D eigenvalue weighted by atomic mass is 10.1. The number of nitrogens with zero attached hydrogens (tertiary/aromatic N) is 4. The normalized spacial score (nSPS) is 13.6. The van der Waals surface area contributed by atoms with E-state index in [0.29, 0.717) is 16.7 Å². The number of rotatable bonds is 5. The Labute approximate surface area is 165 Å². The zero-order chi connectivity index (χ0) is 19.7. The van der Waals surface area contributed by atoms with Crippen LogP contribution in [0.1, 0.15) is 38.3 Å². The molecule has 3 aromatic rings. The van der Waals surface area contributed by atoms with Crippen molar-refractivity contribution in [1.29, 1.82) is 0 Å². The molecule has 27 heavy (non-hydrogen) atoms. The van der Waals surface area contributed by atoms with E-state index in [9.17, 15) is 0 Å². The lowest BCUT2D eigenvalue weighted by molar-refractivity contribution is 0.188. The Morgan fingerprint density at radius 1 is 0.963 bits per heavy atom. The molecule has 0 aliphatic rings. The van der Waals surface area contributed by atoms with E-state index in [2.05, 4.69) is 54.3 Å². The number of aromatic nitrogens is 4. The number of halogens is 1. The molecule has 1 aromatic carbocycles. The molecule has 142 valence electrons. The molecule has 8 heteroatoms. The molecule has 0 aliphatic heterocycles. The van der Waals surface area contributed by atoms with Crippen LogP contribution in [0.5, 0.6) is 0 Å². The molecule has 0 saturated heterocycles. The molecular formula is C19H23ClN4O2Si. The second-order valence-electron chi connectivity index (χ2n) is 7.86. The first-order valence-corrected chi connectivity index (χ1v) is 12.0. The van der Waals surface area contributed by atoms with E-state index in [4.69, 9.17) is 20.4 Å². The molecule has 0 fully saturated rings. The average molecular weight is 403 g/mol. The van der Waals surface area contributed by atoms with Crippen molar-refractivity contribution in [2.45, 2.75) is 45.0 Å². The van der Waals surface area contributed by atoms with Crippen LogP contribution in [-0.2, 0) is 4.43 Å². The van der Waals surface area contributed by atoms with Crippen LogP contribution in [0.3, 0.4) is 0 Å². The Morgan fingerprint density at radius 3 is 2.26 bits per heavy atom. The minimum atomic E-state index is -2.08. The third-order valence-corrected chi connectivity index (χ3v) is 9.48. The third-order valence-electron chi connectivity index (χ3n) is 4.84. The minimum Gasteiger partial charge on any atom is -0.416 e. The molecule has 0 bridgehead atoms. The molecule has 0 amide bonds. The van der Waals surface area contributed by atoms with Crippen molar-refractivity contribution in [3.05, 3.63) is 59.1 Å². The molecular weight excluding hydrogens is 380 g/mol. The maximum absolute atomic E-state index is 6.63. The minimum absolute atomic E-state index is 0.0462. The fourth-order valence-electron chi connectivity index (χ4n) is 2.23. The SMILES string of the molecule is CC(C)(C)[Si](C)(C)OC(c1ccccc1)c1nnc(-c2ccc(Cl)nn2)o1. The van der Waals surface area contributed by atoms with E-state index < -0.39 is 14.4 Å². The number of benzene rings is 1. The highest BCUT2D eigenvalue weighted by Crippen LogP contribution is 2.41. The molecule has 0 N–H and O–H groups in total. The molecule has 0 spiro atoms. The summed E-state index contributed by atoms with van der Waals surface area (Å²) in [6.07, 6.45) is -0.436. The van der Waals surface area contributed by atoms with Crippen LogP contribution in [0.2, 0.25) is 23.3 Å². The second-order valence-corrected chi connectivity index (χ2v) is 13.0. The van der Waals surface area contributed by atoms with Gasteiger partial charge in [0.05, 0.1) is 0 Å². The summed E-state index contributed by atoms with van der Waals surface area (Å²) in [5.74, 6) is 0.687. The van der Waals surface area contributed by atoms with Gasteiger partial charge in [0.1, 0.15) is 11.8 Å². The maximum Gasteiger partial charge on any atom is 0.268 e. The molecule has 0 radical (unpaired) electrons. The molecule has 1 unspecified atom stereocenters. The summed E-state index contributed by atoms with van der Waals surface area (Å²) < 4.78 is 12.5. The fraction of sp³-hybridized carbons (Fsp3) is 0.368. The van der Waals surface area contributed by atoms with Crippen LogP contribution in [0.4, 0.5) is 0 Å². The zero-order valence-corrected chi connectivity index (χ0v) is 17.9. The van der Waals surface area contributed by atoms with Gasteiger partial charge in [-0.1, -0.05) is 62.7 Å². The first kappa shape index (κ1) is 19.7. The average Bonchev–Trinajstić information content (AvgIpc) is 3.10. The number of hydrogen-bond donors (Lipinski definition) is 0. The first-order chi connectivity index (χ1) is 12.7. The van der Waals surface area contributed by atoms with Gasteiger partial charge in [-0.25, -0.2) is 0 Å². The third kappa shape index (κ3) is 4.43. The standard InChI is InChI=1S/C19H23ClN4O2Si/c1-19(2,3)27(4,5)26-16(13-9-7-6-8-10-13)18-24-23-17(25-18)14-11-12-15(20)22-21-14/h6-12,16H,1-5H3. The Balaban J connectivity index is 1.98. The van der Waals surface area contributed by atoms with Crippen LogP contribution >= 0.6 is 11.6 Å². The van der Waals surface area contributed by atoms with Gasteiger partial charge in [0.25, 0.3) is 5.89 Å². The van der Waals surface area contributed by atoms with Crippen molar-refractivity contribution in [2.75, 3.05) is 0 Å². The summed E-state index contributed by atoms with van der Waals surface area (Å²) in [6, 6.07) is 13.2. The molecule has 3 rings (SSSR count). The monoisotopic (exact) mass is 402 g/mol. The van der Waals surface area contributed by atoms with E-state index in [1.807, 2.05) is 30.3 Å². The van der Waals surface area contributed by atoms with Crippen molar-refractivity contribution < 1.29 is 8.84 Å². The first-order valence-electron chi connectivity index (χ1n) is 8.73. The van der Waals surface area contributed by atoms with Gasteiger partial charge in [-0.2, -0.15) is 0 Å². The fourth-order valence-corrected chi connectivity index (χ4v) is 3.51. The predicted molar refractivity (Wildman–Crippen MR) is 107 cm³/mol. The van der Waals surface area contributed by atoms with Crippen LogP contribution in [0.25, 0.3) is 11.6 Å². The summed E-state index contributed by atoms with van der Waals surface area (Å²) in [5, 5.41) is 16.5. The predicted octanol–water partition coefficient (Wildman–Crippen LogP) is 5.29. The van der Waals surface area contributed by atoms with Gasteiger partial charge in [0, 0.05) is 0 Å². The lowest BCUT2D eigenvalue weighted by Gasteiger charge is -2.38. The van der Waals surface area contributed by atoms with Crippen LogP contribution in [-0.4, -0.2) is 28.7 Å². The van der Waals surface area contributed by atoms with Crippen molar-refractivity contribution >= 4 is 19.9 Å². The van der Waals surface area contributed by atoms with E-state index >= 15 is 0 Å². The summed E-state index contributed by atoms with van der Waals surface area (Å²) in [4.78, 5) is 0. The Bertz CT molecular complexity index is 892. The quantitative estimate of drug-likeness (QED) is 0.539. The smallest absolute Gasteiger partial charge is 0.268 e. The summed E-state index contributed by atoms with van der Waals surface area (Å²) >= 11 is 5.79. The van der Waals surface area contributed by atoms with Gasteiger partial charge in [-0.15, -0.1) is 20.4 Å². The van der Waals surface area contributed by atoms with Crippen LogP contribution < -0.4 is 0 Å². The highest BCUT2D eigenvalue weighted by molar-refractivity contribution is 6.74. The van der Waals surface area contributed by atoms with Crippen molar-refractivity contribution in [3.63, 3.8) is 0 Å². The van der Waals surface area contributed by atoms with E-state index in [0.717, 1.165) is 5.56 Å². The molecule has 6 nitrogen and oxygen atoms in total. The van der Waals surface area contributed by atoms with Gasteiger partial charge >= 0.3 is 0 Å². The van der Waals surface area contributed by atoms with Crippen molar-refractivity contribution in [2.24, 2.45) is 0 Å². The van der Waals surface area contributed by atoms with Gasteiger partial charge in [-0.3, -0.25) is 0 Å². The van der Waals surface area contributed by atoms with Crippen molar-refractivity contribution in [1.82, 2.24) is 20.4 Å². The summed E-state index contributed by atoms with van der Waals surface area (Å²) in [7, 11) is -2.08. The molecule has 2 heterocycles. The van der Waals surface area contributed by atoms with Gasteiger partial charge in [-0.05, 0) is 35.8 Å². The maximum atomic E-state index is 6.63. The van der Waals surface area contributed by atoms with E-state index in [1.54, 1.807) is 12.1 Å². The van der Waals surface area contributed by atoms with Crippen LogP contribution in [0.15, 0.2) is 46.9 Å². The summed E-state index contributed by atoms with van der Waals surface area (Å²) in [6.45, 7) is 11.0. The van der Waals surface area contributed by atoms with E-state index in [1.165, 1.54) is 0 Å². The molecule has 0 saturated carbocycles. The lowest BCUT2D eigenvalue weighted by Crippen LogP contribution is -2.42. The Kier molecular flexibility index (Phi) is 5.46.